The second kappa shape index (κ2) is 7.18. The number of carbonyl (C=O) groups excluding carboxylic acids is 2. The van der Waals surface area contributed by atoms with Gasteiger partial charge in [-0.2, -0.15) is 9.37 Å². The van der Waals surface area contributed by atoms with E-state index in [9.17, 15) is 14.0 Å². The van der Waals surface area contributed by atoms with Crippen LogP contribution in [0.4, 0.5) is 10.1 Å². The monoisotopic (exact) mass is 387 g/mol. The molecule has 0 radical (unpaired) electrons. The molecule has 1 amide bonds. The van der Waals surface area contributed by atoms with Crippen LogP contribution in [-0.4, -0.2) is 41.1 Å². The maximum Gasteiger partial charge on any atom is 0.326 e. The van der Waals surface area contributed by atoms with Gasteiger partial charge in [-0.3, -0.25) is 19.5 Å². The minimum Gasteiger partial charge on any atom is -0.481 e. The average Bonchev–Trinajstić information content (AvgIpc) is 2.70. The summed E-state index contributed by atoms with van der Waals surface area (Å²) >= 11 is 0. The van der Waals surface area contributed by atoms with Gasteiger partial charge in [0.25, 0.3) is 0 Å². The van der Waals surface area contributed by atoms with E-state index in [0.29, 0.717) is 11.3 Å². The van der Waals surface area contributed by atoms with E-state index in [1.165, 1.54) is 18.1 Å². The van der Waals surface area contributed by atoms with Crippen LogP contribution in [0.15, 0.2) is 24.4 Å². The molecule has 0 saturated heterocycles. The minimum atomic E-state index is -0.806. The van der Waals surface area contributed by atoms with Crippen LogP contribution >= 0.6 is 0 Å². The number of anilines is 1. The maximum absolute atomic E-state index is 14.9. The van der Waals surface area contributed by atoms with Gasteiger partial charge >= 0.3 is 5.97 Å². The normalized spacial score (nSPS) is 16.1. The molecule has 3 rings (SSSR count). The molecule has 2 aromatic heterocycles. The van der Waals surface area contributed by atoms with E-state index < -0.39 is 29.3 Å². The first-order valence-electron chi connectivity index (χ1n) is 8.85. The van der Waals surface area contributed by atoms with E-state index in [-0.39, 0.29) is 23.7 Å². The van der Waals surface area contributed by atoms with Crippen LogP contribution in [0.25, 0.3) is 11.1 Å². The van der Waals surface area contributed by atoms with E-state index in [0.717, 1.165) is 0 Å². The number of carbonyl (C=O) groups is 2. The van der Waals surface area contributed by atoms with E-state index in [4.69, 9.17) is 9.47 Å². The van der Waals surface area contributed by atoms with Gasteiger partial charge in [0.1, 0.15) is 12.1 Å². The molecule has 0 spiro atoms. The zero-order valence-electron chi connectivity index (χ0n) is 16.4. The molecule has 0 aromatic carbocycles. The molecule has 0 saturated carbocycles. The summed E-state index contributed by atoms with van der Waals surface area (Å²) in [5, 5.41) is 0. The number of aromatic nitrogens is 2. The molecule has 0 bridgehead atoms. The Balaban J connectivity index is 2.18. The summed E-state index contributed by atoms with van der Waals surface area (Å²) in [6, 6.07) is 4.78. The van der Waals surface area contributed by atoms with Crippen molar-refractivity contribution in [2.75, 3.05) is 18.6 Å². The third-order valence-electron chi connectivity index (χ3n) is 4.29. The van der Waals surface area contributed by atoms with Crippen molar-refractivity contribution in [1.29, 1.82) is 0 Å². The predicted octanol–water partition coefficient (Wildman–Crippen LogP) is 3.08. The van der Waals surface area contributed by atoms with Crippen molar-refractivity contribution in [2.45, 2.75) is 39.2 Å². The Labute approximate surface area is 162 Å². The highest BCUT2D eigenvalue weighted by Gasteiger charge is 2.36. The van der Waals surface area contributed by atoms with E-state index in [2.05, 4.69) is 9.97 Å². The number of halogens is 1. The van der Waals surface area contributed by atoms with Crippen molar-refractivity contribution < 1.29 is 23.5 Å². The van der Waals surface area contributed by atoms with Crippen LogP contribution in [0.5, 0.6) is 5.88 Å². The number of fused-ring (bicyclic) bond motifs is 3. The molecule has 1 aliphatic rings. The summed E-state index contributed by atoms with van der Waals surface area (Å²) in [7, 11) is 1.35. The number of methoxy groups -OCH3 is 1. The molecule has 1 atom stereocenters. The van der Waals surface area contributed by atoms with Gasteiger partial charge in [-0.05, 0) is 33.8 Å². The van der Waals surface area contributed by atoms with E-state index >= 15 is 0 Å². The van der Waals surface area contributed by atoms with Gasteiger partial charge in [0, 0.05) is 17.8 Å². The molecular weight excluding hydrogens is 365 g/mol. The van der Waals surface area contributed by atoms with Gasteiger partial charge in [-0.15, -0.1) is 0 Å². The van der Waals surface area contributed by atoms with Crippen LogP contribution < -0.4 is 9.64 Å². The van der Waals surface area contributed by atoms with Crippen molar-refractivity contribution in [3.63, 3.8) is 0 Å². The van der Waals surface area contributed by atoms with E-state index in [1.54, 1.807) is 46.0 Å². The quantitative estimate of drug-likeness (QED) is 0.595. The molecule has 28 heavy (non-hydrogen) atoms. The van der Waals surface area contributed by atoms with Crippen molar-refractivity contribution >= 4 is 17.6 Å². The first-order valence-corrected chi connectivity index (χ1v) is 8.85. The zero-order chi connectivity index (χ0) is 20.6. The fraction of sp³-hybridized carbons (Fsp3) is 0.400. The molecule has 148 valence electrons. The minimum absolute atomic E-state index is 0.00164. The SMILES string of the molecule is COc1cc2c(c(F)n1)-c1cccnc1[C@@H](C)C(=O)N2CC(=O)OC(C)(C)C. The molecule has 0 N–H and O–H groups in total. The van der Waals surface area contributed by atoms with Crippen LogP contribution in [0.3, 0.4) is 0 Å². The fourth-order valence-corrected chi connectivity index (χ4v) is 3.16. The topological polar surface area (TPSA) is 81.6 Å². The van der Waals surface area contributed by atoms with E-state index in [1.807, 2.05) is 0 Å². The second-order valence-electron chi connectivity index (χ2n) is 7.52. The lowest BCUT2D eigenvalue weighted by Crippen LogP contribution is -2.40. The van der Waals surface area contributed by atoms with Crippen molar-refractivity contribution in [3.05, 3.63) is 36.0 Å². The van der Waals surface area contributed by atoms with Gasteiger partial charge in [-0.25, -0.2) is 0 Å². The molecular formula is C20H22FN3O4. The smallest absolute Gasteiger partial charge is 0.326 e. The van der Waals surface area contributed by atoms with Gasteiger partial charge in [0.15, 0.2) is 0 Å². The lowest BCUT2D eigenvalue weighted by Gasteiger charge is -2.26. The second-order valence-corrected chi connectivity index (χ2v) is 7.52. The molecule has 2 aromatic rings. The maximum atomic E-state index is 14.9. The van der Waals surface area contributed by atoms with Crippen LogP contribution in [0.2, 0.25) is 0 Å². The standard InChI is InChI=1S/C20H22FN3O4/c1-11-17-12(7-6-8-22-17)16-13(9-14(27-5)23-18(16)21)24(19(11)26)10-15(25)28-20(2,3)4/h6-9,11H,10H2,1-5H3/t11-/m1/s1. The van der Waals surface area contributed by atoms with Crippen molar-refractivity contribution in [3.8, 4) is 17.0 Å². The number of rotatable bonds is 3. The number of nitrogens with zero attached hydrogens (tertiary/aromatic N) is 3. The van der Waals surface area contributed by atoms with Crippen LogP contribution in [-0.2, 0) is 14.3 Å². The number of amides is 1. The summed E-state index contributed by atoms with van der Waals surface area (Å²) in [5.74, 6) is -2.49. The largest absolute Gasteiger partial charge is 0.481 e. The molecule has 0 fully saturated rings. The van der Waals surface area contributed by atoms with Gasteiger partial charge in [0.2, 0.25) is 17.7 Å². The van der Waals surface area contributed by atoms with Gasteiger partial charge in [-0.1, -0.05) is 6.07 Å². The summed E-state index contributed by atoms with van der Waals surface area (Å²) in [6.07, 6.45) is 1.54. The van der Waals surface area contributed by atoms with Crippen molar-refractivity contribution in [2.24, 2.45) is 0 Å². The van der Waals surface area contributed by atoms with Gasteiger partial charge < -0.3 is 9.47 Å². The first kappa shape index (κ1) is 19.7. The lowest BCUT2D eigenvalue weighted by atomic mass is 9.98. The Morgan fingerprint density at radius 3 is 2.71 bits per heavy atom. The summed E-state index contributed by atoms with van der Waals surface area (Å²) in [6.45, 7) is 6.51. The summed E-state index contributed by atoms with van der Waals surface area (Å²) in [5.41, 5.74) is 0.458. The molecule has 3 heterocycles. The third-order valence-corrected chi connectivity index (χ3v) is 4.29. The first-order chi connectivity index (χ1) is 13.1. The molecule has 0 aliphatic carbocycles. The molecule has 1 aliphatic heterocycles. The van der Waals surface area contributed by atoms with Crippen LogP contribution in [0, 0.1) is 5.95 Å². The number of pyridine rings is 2. The number of esters is 1. The number of hydrogen-bond donors (Lipinski definition) is 0. The highest BCUT2D eigenvalue weighted by atomic mass is 19.1. The summed E-state index contributed by atoms with van der Waals surface area (Å²) in [4.78, 5) is 34.9. The fourth-order valence-electron chi connectivity index (χ4n) is 3.16. The summed E-state index contributed by atoms with van der Waals surface area (Å²) < 4.78 is 25.4. The molecule has 8 heteroatoms. The molecule has 7 nitrogen and oxygen atoms in total. The number of ether oxygens (including phenoxy) is 2. The highest BCUT2D eigenvalue weighted by Crippen LogP contribution is 2.42. The zero-order valence-corrected chi connectivity index (χ0v) is 16.4. The van der Waals surface area contributed by atoms with Gasteiger partial charge in [0.05, 0.1) is 30.0 Å². The Morgan fingerprint density at radius 1 is 1.36 bits per heavy atom. The Hall–Kier alpha value is -3.03. The Morgan fingerprint density at radius 2 is 2.07 bits per heavy atom. The highest BCUT2D eigenvalue weighted by molar-refractivity contribution is 6.07. The third kappa shape index (κ3) is 3.67. The number of hydrogen-bond acceptors (Lipinski definition) is 6. The Kier molecular flexibility index (Phi) is 5.06. The molecule has 0 unspecified atom stereocenters. The van der Waals surface area contributed by atoms with Crippen LogP contribution in [0.1, 0.15) is 39.3 Å². The lowest BCUT2D eigenvalue weighted by molar-refractivity contribution is -0.153. The Bertz CT molecular complexity index is 940. The predicted molar refractivity (Wildman–Crippen MR) is 101 cm³/mol. The average molecular weight is 387 g/mol. The van der Waals surface area contributed by atoms with Crippen molar-refractivity contribution in [1.82, 2.24) is 9.97 Å².